The average Bonchev–Trinajstić information content (AvgIpc) is 3.19. The number of nitrogens with one attached hydrogen (secondary N) is 1. The SMILES string of the molecule is CCCc1noc(CN2C[C@@H](OC)[C@H](c3cn[nH]n3)C2)n1. The normalized spacial score (nSPS) is 23.0. The van der Waals surface area contributed by atoms with Crippen molar-refractivity contribution in [2.75, 3.05) is 20.2 Å². The molecule has 0 aromatic carbocycles. The van der Waals surface area contributed by atoms with Crippen LogP contribution in [0.2, 0.25) is 0 Å². The summed E-state index contributed by atoms with van der Waals surface area (Å²) in [6.07, 6.45) is 3.73. The maximum Gasteiger partial charge on any atom is 0.240 e. The van der Waals surface area contributed by atoms with Gasteiger partial charge in [0.1, 0.15) is 0 Å². The summed E-state index contributed by atoms with van der Waals surface area (Å²) >= 11 is 0. The molecular weight excluding hydrogens is 272 g/mol. The number of nitrogens with zero attached hydrogens (tertiary/aromatic N) is 5. The Kier molecular flexibility index (Phi) is 4.26. The number of aromatic nitrogens is 5. The molecule has 1 saturated heterocycles. The van der Waals surface area contributed by atoms with Crippen LogP contribution in [0.4, 0.5) is 0 Å². The maximum absolute atomic E-state index is 5.57. The van der Waals surface area contributed by atoms with Gasteiger partial charge in [-0.1, -0.05) is 12.1 Å². The number of H-pyrrole nitrogens is 1. The van der Waals surface area contributed by atoms with E-state index in [0.29, 0.717) is 12.4 Å². The van der Waals surface area contributed by atoms with E-state index in [9.17, 15) is 0 Å². The molecule has 0 unspecified atom stereocenters. The van der Waals surface area contributed by atoms with E-state index in [1.54, 1.807) is 13.3 Å². The minimum absolute atomic E-state index is 0.105. The van der Waals surface area contributed by atoms with E-state index < -0.39 is 0 Å². The Morgan fingerprint density at radius 2 is 2.38 bits per heavy atom. The number of aryl methyl sites for hydroxylation is 1. The van der Waals surface area contributed by atoms with Crippen LogP contribution in [0.15, 0.2) is 10.7 Å². The Morgan fingerprint density at radius 3 is 3.10 bits per heavy atom. The lowest BCUT2D eigenvalue weighted by molar-refractivity contribution is 0.0946. The zero-order valence-electron chi connectivity index (χ0n) is 12.3. The van der Waals surface area contributed by atoms with Gasteiger partial charge >= 0.3 is 0 Å². The third-order valence-electron chi connectivity index (χ3n) is 3.80. The van der Waals surface area contributed by atoms with Crippen molar-refractivity contribution in [3.63, 3.8) is 0 Å². The summed E-state index contributed by atoms with van der Waals surface area (Å²) in [4.78, 5) is 6.65. The van der Waals surface area contributed by atoms with Gasteiger partial charge in [-0.05, 0) is 6.42 Å². The summed E-state index contributed by atoms with van der Waals surface area (Å²) < 4.78 is 10.9. The number of hydrogen-bond donors (Lipinski definition) is 1. The van der Waals surface area contributed by atoms with Crippen LogP contribution >= 0.6 is 0 Å². The molecule has 2 aromatic heterocycles. The fraction of sp³-hybridized carbons (Fsp3) is 0.692. The molecule has 1 N–H and O–H groups in total. The molecule has 0 spiro atoms. The Bertz CT molecular complexity index is 555. The third kappa shape index (κ3) is 3.11. The molecule has 2 atom stereocenters. The lowest BCUT2D eigenvalue weighted by Gasteiger charge is -2.13. The molecular formula is C13H20N6O2. The number of aromatic amines is 1. The number of likely N-dealkylation sites (tertiary alicyclic amines) is 1. The summed E-state index contributed by atoms with van der Waals surface area (Å²) in [5.74, 6) is 1.66. The quantitative estimate of drug-likeness (QED) is 0.839. The van der Waals surface area contributed by atoms with E-state index in [0.717, 1.165) is 37.4 Å². The molecule has 0 saturated carbocycles. The molecule has 114 valence electrons. The second kappa shape index (κ2) is 6.31. The number of methoxy groups -OCH3 is 1. The molecule has 0 bridgehead atoms. The highest BCUT2D eigenvalue weighted by atomic mass is 16.5. The number of rotatable bonds is 6. The van der Waals surface area contributed by atoms with Crippen LogP contribution < -0.4 is 0 Å². The first-order chi connectivity index (χ1) is 10.3. The van der Waals surface area contributed by atoms with Crippen LogP contribution in [0.25, 0.3) is 0 Å². The topological polar surface area (TPSA) is 93.0 Å². The van der Waals surface area contributed by atoms with E-state index in [1.165, 1.54) is 0 Å². The molecule has 1 fully saturated rings. The van der Waals surface area contributed by atoms with Crippen LogP contribution in [0.1, 0.15) is 36.7 Å². The van der Waals surface area contributed by atoms with Crippen LogP contribution in [0.3, 0.4) is 0 Å². The van der Waals surface area contributed by atoms with E-state index in [2.05, 4.69) is 37.4 Å². The van der Waals surface area contributed by atoms with Gasteiger partial charge in [-0.2, -0.15) is 20.4 Å². The van der Waals surface area contributed by atoms with Gasteiger partial charge in [0.2, 0.25) is 5.89 Å². The van der Waals surface area contributed by atoms with E-state index in [1.807, 2.05) is 0 Å². The summed E-state index contributed by atoms with van der Waals surface area (Å²) in [6, 6.07) is 0. The number of hydrogen-bond acceptors (Lipinski definition) is 7. The second-order valence-corrected chi connectivity index (χ2v) is 5.32. The van der Waals surface area contributed by atoms with Gasteiger partial charge in [0.05, 0.1) is 24.5 Å². The molecule has 21 heavy (non-hydrogen) atoms. The minimum Gasteiger partial charge on any atom is -0.379 e. The van der Waals surface area contributed by atoms with Crippen molar-refractivity contribution in [2.45, 2.75) is 38.3 Å². The highest BCUT2D eigenvalue weighted by molar-refractivity contribution is 5.09. The fourth-order valence-corrected chi connectivity index (χ4v) is 2.76. The van der Waals surface area contributed by atoms with Gasteiger partial charge in [0.25, 0.3) is 0 Å². The second-order valence-electron chi connectivity index (χ2n) is 5.32. The predicted molar refractivity (Wildman–Crippen MR) is 73.5 cm³/mol. The van der Waals surface area contributed by atoms with Crippen molar-refractivity contribution >= 4 is 0 Å². The Hall–Kier alpha value is -1.80. The monoisotopic (exact) mass is 292 g/mol. The molecule has 8 heteroatoms. The van der Waals surface area contributed by atoms with E-state index in [-0.39, 0.29) is 12.0 Å². The average molecular weight is 292 g/mol. The van der Waals surface area contributed by atoms with Gasteiger partial charge < -0.3 is 9.26 Å². The summed E-state index contributed by atoms with van der Waals surface area (Å²) in [5.41, 5.74) is 0.932. The van der Waals surface area contributed by atoms with Gasteiger partial charge in [-0.25, -0.2) is 0 Å². The molecule has 0 aliphatic carbocycles. The molecule has 2 aromatic rings. The van der Waals surface area contributed by atoms with Crippen LogP contribution in [-0.2, 0) is 17.7 Å². The van der Waals surface area contributed by atoms with Crippen LogP contribution in [0, 0.1) is 0 Å². The van der Waals surface area contributed by atoms with Gasteiger partial charge in [-0.15, -0.1) is 0 Å². The van der Waals surface area contributed by atoms with Crippen molar-refractivity contribution in [2.24, 2.45) is 0 Å². The van der Waals surface area contributed by atoms with Crippen molar-refractivity contribution < 1.29 is 9.26 Å². The first kappa shape index (κ1) is 14.2. The molecule has 8 nitrogen and oxygen atoms in total. The summed E-state index contributed by atoms with van der Waals surface area (Å²) in [6.45, 7) is 4.41. The fourth-order valence-electron chi connectivity index (χ4n) is 2.76. The maximum atomic E-state index is 5.57. The first-order valence-electron chi connectivity index (χ1n) is 7.22. The molecule has 1 aliphatic heterocycles. The summed E-state index contributed by atoms with van der Waals surface area (Å²) in [7, 11) is 1.73. The smallest absolute Gasteiger partial charge is 0.240 e. The largest absolute Gasteiger partial charge is 0.379 e. The Morgan fingerprint density at radius 1 is 1.48 bits per heavy atom. The van der Waals surface area contributed by atoms with Crippen molar-refractivity contribution in [3.8, 4) is 0 Å². The van der Waals surface area contributed by atoms with Gasteiger partial charge in [0.15, 0.2) is 5.82 Å². The van der Waals surface area contributed by atoms with Crippen molar-refractivity contribution in [1.29, 1.82) is 0 Å². The lowest BCUT2D eigenvalue weighted by atomic mass is 10.0. The number of ether oxygens (including phenoxy) is 1. The molecule has 1 aliphatic rings. The lowest BCUT2D eigenvalue weighted by Crippen LogP contribution is -2.22. The molecule has 3 heterocycles. The van der Waals surface area contributed by atoms with E-state index in [4.69, 9.17) is 9.26 Å². The van der Waals surface area contributed by atoms with Crippen molar-refractivity contribution in [3.05, 3.63) is 23.6 Å². The highest BCUT2D eigenvalue weighted by Crippen LogP contribution is 2.28. The minimum atomic E-state index is 0.105. The zero-order chi connectivity index (χ0) is 14.7. The first-order valence-corrected chi connectivity index (χ1v) is 7.22. The van der Waals surface area contributed by atoms with Gasteiger partial charge in [-0.3, -0.25) is 4.90 Å². The van der Waals surface area contributed by atoms with Crippen LogP contribution in [-0.4, -0.2) is 56.8 Å². The molecule has 3 rings (SSSR count). The molecule has 0 amide bonds. The third-order valence-corrected chi connectivity index (χ3v) is 3.80. The highest BCUT2D eigenvalue weighted by Gasteiger charge is 2.36. The zero-order valence-corrected chi connectivity index (χ0v) is 12.3. The predicted octanol–water partition coefficient (Wildman–Crippen LogP) is 0.755. The standard InChI is InChI=1S/C13H20N6O2/c1-3-4-12-15-13(21-17-12)8-19-6-9(11(7-19)20-2)10-5-14-18-16-10/h5,9,11H,3-4,6-8H2,1-2H3,(H,14,16,18)/t9-,11+/m0/s1. The Labute approximate surface area is 122 Å². The summed E-state index contributed by atoms with van der Waals surface area (Å²) in [5, 5.41) is 14.7. The van der Waals surface area contributed by atoms with Gasteiger partial charge in [0, 0.05) is 32.5 Å². The van der Waals surface area contributed by atoms with Crippen LogP contribution in [0.5, 0.6) is 0 Å². The Balaban J connectivity index is 1.64. The molecule has 0 radical (unpaired) electrons. The van der Waals surface area contributed by atoms with E-state index >= 15 is 0 Å². The van der Waals surface area contributed by atoms with Crippen molar-refractivity contribution in [1.82, 2.24) is 30.5 Å².